The molecule has 8 heteroatoms. The van der Waals surface area contributed by atoms with E-state index in [9.17, 15) is 9.59 Å². The minimum Gasteiger partial charge on any atom is -0.497 e. The van der Waals surface area contributed by atoms with Gasteiger partial charge in [-0.1, -0.05) is 37.1 Å². The molecule has 1 aromatic heterocycles. The minimum absolute atomic E-state index is 0.0522. The Hall–Kier alpha value is -2.90. The summed E-state index contributed by atoms with van der Waals surface area (Å²) in [6.45, 7) is 3.74. The molecule has 1 aliphatic rings. The standard InChI is InChI=1S/C18H22N4O4/c1-4-5-9-18(2)16(23)22(17(24)20-18)11-14-19-15(21-26-14)12-7-6-8-13(10-12)25-3/h6-8,10H,4-5,9,11H2,1-3H3,(H,20,24)/t18-/m0/s1. The first-order chi connectivity index (χ1) is 12.5. The number of nitrogens with zero attached hydrogens (tertiary/aromatic N) is 3. The number of methoxy groups -OCH3 is 1. The summed E-state index contributed by atoms with van der Waals surface area (Å²) in [5.41, 5.74) is -0.146. The molecule has 1 aromatic carbocycles. The first-order valence-corrected chi connectivity index (χ1v) is 8.58. The molecule has 2 aromatic rings. The molecule has 0 saturated carbocycles. The van der Waals surface area contributed by atoms with E-state index in [0.717, 1.165) is 23.3 Å². The van der Waals surface area contributed by atoms with E-state index in [1.165, 1.54) is 0 Å². The van der Waals surface area contributed by atoms with Crippen molar-refractivity contribution in [1.29, 1.82) is 0 Å². The topological polar surface area (TPSA) is 97.6 Å². The van der Waals surface area contributed by atoms with Gasteiger partial charge in [0, 0.05) is 5.56 Å². The number of carbonyl (C=O) groups excluding carboxylic acids is 2. The monoisotopic (exact) mass is 358 g/mol. The average molecular weight is 358 g/mol. The van der Waals surface area contributed by atoms with Gasteiger partial charge in [0.1, 0.15) is 17.8 Å². The number of unbranched alkanes of at least 4 members (excludes halogenated alkanes) is 1. The fourth-order valence-electron chi connectivity index (χ4n) is 2.92. The summed E-state index contributed by atoms with van der Waals surface area (Å²) in [5.74, 6) is 0.984. The third-order valence-electron chi connectivity index (χ3n) is 4.46. The van der Waals surface area contributed by atoms with Crippen molar-refractivity contribution in [2.24, 2.45) is 0 Å². The average Bonchev–Trinajstić information content (AvgIpc) is 3.19. The Kier molecular flexibility index (Phi) is 4.92. The molecule has 1 aliphatic heterocycles. The molecule has 1 N–H and O–H groups in total. The number of hydrogen-bond acceptors (Lipinski definition) is 6. The molecule has 26 heavy (non-hydrogen) atoms. The summed E-state index contributed by atoms with van der Waals surface area (Å²) >= 11 is 0. The van der Waals surface area contributed by atoms with Crippen LogP contribution in [-0.2, 0) is 11.3 Å². The van der Waals surface area contributed by atoms with Crippen LogP contribution in [0.3, 0.4) is 0 Å². The van der Waals surface area contributed by atoms with Crippen molar-refractivity contribution < 1.29 is 18.8 Å². The van der Waals surface area contributed by atoms with Crippen molar-refractivity contribution in [3.8, 4) is 17.1 Å². The maximum atomic E-state index is 12.6. The molecule has 2 heterocycles. The van der Waals surface area contributed by atoms with Gasteiger partial charge < -0.3 is 14.6 Å². The van der Waals surface area contributed by atoms with Crippen molar-refractivity contribution in [2.75, 3.05) is 7.11 Å². The van der Waals surface area contributed by atoms with E-state index in [1.807, 2.05) is 25.1 Å². The SMILES string of the molecule is CCCC[C@]1(C)NC(=O)N(Cc2nc(-c3cccc(OC)c3)no2)C1=O. The van der Waals surface area contributed by atoms with Crippen LogP contribution in [0.1, 0.15) is 39.0 Å². The highest BCUT2D eigenvalue weighted by molar-refractivity contribution is 6.06. The Balaban J connectivity index is 1.74. The van der Waals surface area contributed by atoms with E-state index < -0.39 is 11.6 Å². The molecule has 0 unspecified atom stereocenters. The van der Waals surface area contributed by atoms with Crippen molar-refractivity contribution in [1.82, 2.24) is 20.4 Å². The molecule has 1 saturated heterocycles. The molecule has 0 aliphatic carbocycles. The van der Waals surface area contributed by atoms with E-state index in [0.29, 0.717) is 18.0 Å². The molecule has 3 amide bonds. The van der Waals surface area contributed by atoms with Gasteiger partial charge in [0.05, 0.1) is 7.11 Å². The Morgan fingerprint density at radius 2 is 2.15 bits per heavy atom. The van der Waals surface area contributed by atoms with Crippen molar-refractivity contribution in [3.05, 3.63) is 30.2 Å². The molecular weight excluding hydrogens is 336 g/mol. The van der Waals surface area contributed by atoms with Crippen LogP contribution in [0, 0.1) is 0 Å². The molecule has 1 atom stereocenters. The van der Waals surface area contributed by atoms with E-state index in [1.54, 1.807) is 20.1 Å². The summed E-state index contributed by atoms with van der Waals surface area (Å²) in [6.07, 6.45) is 2.41. The zero-order valence-electron chi connectivity index (χ0n) is 15.1. The number of amides is 3. The van der Waals surface area contributed by atoms with Gasteiger partial charge in [0.15, 0.2) is 0 Å². The van der Waals surface area contributed by atoms with Gasteiger partial charge in [-0.25, -0.2) is 4.79 Å². The van der Waals surface area contributed by atoms with Crippen LogP contribution in [0.2, 0.25) is 0 Å². The maximum absolute atomic E-state index is 12.6. The lowest BCUT2D eigenvalue weighted by molar-refractivity contribution is -0.131. The number of rotatable bonds is 7. The molecule has 8 nitrogen and oxygen atoms in total. The fraction of sp³-hybridized carbons (Fsp3) is 0.444. The van der Waals surface area contributed by atoms with Gasteiger partial charge in [0.2, 0.25) is 11.7 Å². The van der Waals surface area contributed by atoms with Crippen LogP contribution in [0.25, 0.3) is 11.4 Å². The quantitative estimate of drug-likeness (QED) is 0.764. The second-order valence-corrected chi connectivity index (χ2v) is 6.50. The summed E-state index contributed by atoms with van der Waals surface area (Å²) in [4.78, 5) is 30.3. The first kappa shape index (κ1) is 17.9. The number of benzene rings is 1. The Bertz CT molecular complexity index is 819. The largest absolute Gasteiger partial charge is 0.497 e. The van der Waals surface area contributed by atoms with Crippen LogP contribution < -0.4 is 10.1 Å². The number of urea groups is 1. The molecule has 0 bridgehead atoms. The van der Waals surface area contributed by atoms with E-state index in [2.05, 4.69) is 15.5 Å². The van der Waals surface area contributed by atoms with Gasteiger partial charge in [0.25, 0.3) is 5.91 Å². The van der Waals surface area contributed by atoms with Gasteiger partial charge >= 0.3 is 6.03 Å². The van der Waals surface area contributed by atoms with Crippen LogP contribution in [0.5, 0.6) is 5.75 Å². The molecule has 3 rings (SSSR count). The second kappa shape index (κ2) is 7.15. The van der Waals surface area contributed by atoms with Crippen LogP contribution >= 0.6 is 0 Å². The van der Waals surface area contributed by atoms with Crippen LogP contribution in [-0.4, -0.2) is 39.6 Å². The van der Waals surface area contributed by atoms with E-state index in [-0.39, 0.29) is 18.3 Å². The smallest absolute Gasteiger partial charge is 0.325 e. The lowest BCUT2D eigenvalue weighted by Crippen LogP contribution is -2.43. The lowest BCUT2D eigenvalue weighted by Gasteiger charge is -2.20. The second-order valence-electron chi connectivity index (χ2n) is 6.50. The first-order valence-electron chi connectivity index (χ1n) is 8.58. The Labute approximate surface area is 151 Å². The van der Waals surface area contributed by atoms with Crippen LogP contribution in [0.15, 0.2) is 28.8 Å². The highest BCUT2D eigenvalue weighted by Gasteiger charge is 2.47. The van der Waals surface area contributed by atoms with Gasteiger partial charge in [-0.3, -0.25) is 9.69 Å². The van der Waals surface area contributed by atoms with E-state index >= 15 is 0 Å². The summed E-state index contributed by atoms with van der Waals surface area (Å²) in [6, 6.07) is 6.81. The zero-order valence-corrected chi connectivity index (χ0v) is 15.1. The molecular formula is C18H22N4O4. The highest BCUT2D eigenvalue weighted by atomic mass is 16.5. The zero-order chi connectivity index (χ0) is 18.7. The van der Waals surface area contributed by atoms with Gasteiger partial charge in [-0.2, -0.15) is 4.98 Å². The maximum Gasteiger partial charge on any atom is 0.325 e. The van der Waals surface area contributed by atoms with Gasteiger partial charge in [-0.05, 0) is 25.5 Å². The predicted molar refractivity (Wildman–Crippen MR) is 93.3 cm³/mol. The van der Waals surface area contributed by atoms with Gasteiger partial charge in [-0.15, -0.1) is 0 Å². The predicted octanol–water partition coefficient (Wildman–Crippen LogP) is 2.75. The Morgan fingerprint density at radius 1 is 1.35 bits per heavy atom. The summed E-state index contributed by atoms with van der Waals surface area (Å²) in [5, 5.41) is 6.70. The number of aromatic nitrogens is 2. The van der Waals surface area contributed by atoms with Crippen molar-refractivity contribution in [3.63, 3.8) is 0 Å². The van der Waals surface area contributed by atoms with E-state index in [4.69, 9.17) is 9.26 Å². The van der Waals surface area contributed by atoms with Crippen molar-refractivity contribution in [2.45, 2.75) is 45.2 Å². The summed E-state index contributed by atoms with van der Waals surface area (Å²) < 4.78 is 10.4. The molecule has 138 valence electrons. The van der Waals surface area contributed by atoms with Crippen LogP contribution in [0.4, 0.5) is 4.79 Å². The normalized spacial score (nSPS) is 19.7. The molecule has 0 radical (unpaired) electrons. The fourth-order valence-corrected chi connectivity index (χ4v) is 2.92. The number of imide groups is 1. The van der Waals surface area contributed by atoms with Crippen molar-refractivity contribution >= 4 is 11.9 Å². The summed E-state index contributed by atoms with van der Waals surface area (Å²) in [7, 11) is 1.58. The number of hydrogen-bond donors (Lipinski definition) is 1. The number of ether oxygens (including phenoxy) is 1. The lowest BCUT2D eigenvalue weighted by atomic mass is 9.95. The minimum atomic E-state index is -0.872. The molecule has 0 spiro atoms. The molecule has 1 fully saturated rings. The number of carbonyl (C=O) groups is 2. The highest BCUT2D eigenvalue weighted by Crippen LogP contribution is 2.26. The Morgan fingerprint density at radius 3 is 2.88 bits per heavy atom. The third kappa shape index (κ3) is 3.40. The third-order valence-corrected chi connectivity index (χ3v) is 4.46. The number of nitrogens with one attached hydrogen (secondary N) is 1.